The van der Waals surface area contributed by atoms with Crippen LogP contribution in [0.5, 0.6) is 0 Å². The first-order valence-electron chi connectivity index (χ1n) is 7.26. The normalized spacial score (nSPS) is 18.3. The van der Waals surface area contributed by atoms with E-state index >= 15 is 0 Å². The minimum Gasteiger partial charge on any atom is -0.380 e. The number of hydrogen-bond acceptors (Lipinski definition) is 3. The van der Waals surface area contributed by atoms with Gasteiger partial charge in [0.2, 0.25) is 0 Å². The number of aliphatic imine (C=N–C) groups is 1. The number of halogens is 1. The van der Waals surface area contributed by atoms with E-state index in [1.807, 2.05) is 11.3 Å². The lowest BCUT2D eigenvalue weighted by Gasteiger charge is -2.36. The van der Waals surface area contributed by atoms with Crippen LogP contribution in [0, 0.1) is 5.41 Å². The van der Waals surface area contributed by atoms with Crippen molar-refractivity contribution in [3.8, 4) is 0 Å². The molecule has 2 heterocycles. The van der Waals surface area contributed by atoms with Gasteiger partial charge >= 0.3 is 0 Å². The second-order valence-corrected chi connectivity index (χ2v) is 6.78. The molecule has 0 bridgehead atoms. The molecule has 1 unspecified atom stereocenters. The fourth-order valence-electron chi connectivity index (χ4n) is 2.08. The van der Waals surface area contributed by atoms with Crippen molar-refractivity contribution in [1.82, 2.24) is 10.6 Å². The Labute approximate surface area is 148 Å². The van der Waals surface area contributed by atoms with Gasteiger partial charge in [-0.05, 0) is 18.4 Å². The lowest BCUT2D eigenvalue weighted by atomic mass is 9.89. The van der Waals surface area contributed by atoms with Gasteiger partial charge in [-0.1, -0.05) is 19.9 Å². The summed E-state index contributed by atoms with van der Waals surface area (Å²) in [5.41, 5.74) is 0.224. The summed E-state index contributed by atoms with van der Waals surface area (Å²) in [6.45, 7) is 10.8. The maximum Gasteiger partial charge on any atom is 0.191 e. The number of guanidine groups is 1. The maximum atomic E-state index is 5.27. The minimum atomic E-state index is 0. The summed E-state index contributed by atoms with van der Waals surface area (Å²) in [6, 6.07) is 4.29. The molecule has 1 aliphatic rings. The van der Waals surface area contributed by atoms with Crippen LogP contribution in [0.1, 0.15) is 31.6 Å². The zero-order valence-electron chi connectivity index (χ0n) is 13.0. The molecule has 1 aliphatic heterocycles. The Bertz CT molecular complexity index is 432. The van der Waals surface area contributed by atoms with Crippen LogP contribution >= 0.6 is 35.3 Å². The van der Waals surface area contributed by atoms with Gasteiger partial charge in [0.05, 0.1) is 19.8 Å². The molecule has 1 aromatic rings. The van der Waals surface area contributed by atoms with E-state index in [0.717, 1.165) is 38.8 Å². The molecule has 2 N–H and O–H groups in total. The van der Waals surface area contributed by atoms with Crippen LogP contribution in [0.4, 0.5) is 0 Å². The van der Waals surface area contributed by atoms with E-state index in [9.17, 15) is 0 Å². The second kappa shape index (κ2) is 8.95. The van der Waals surface area contributed by atoms with Crippen LogP contribution in [0.3, 0.4) is 0 Å². The third-order valence-electron chi connectivity index (χ3n) is 3.47. The fraction of sp³-hybridized carbons (Fsp3) is 0.667. The molecule has 0 spiro atoms. The number of rotatable bonds is 6. The summed E-state index contributed by atoms with van der Waals surface area (Å²) in [7, 11) is 0. The molecule has 1 aromatic heterocycles. The number of nitrogens with one attached hydrogen (secondary N) is 2. The first kappa shape index (κ1) is 18.7. The van der Waals surface area contributed by atoms with Crippen LogP contribution in [0.25, 0.3) is 0 Å². The van der Waals surface area contributed by atoms with Gasteiger partial charge in [0.1, 0.15) is 0 Å². The highest BCUT2D eigenvalue weighted by Gasteiger charge is 2.33. The van der Waals surface area contributed by atoms with Gasteiger partial charge in [0.25, 0.3) is 0 Å². The molecule has 1 saturated heterocycles. The van der Waals surface area contributed by atoms with Crippen molar-refractivity contribution in [2.45, 2.75) is 26.7 Å². The van der Waals surface area contributed by atoms with Crippen molar-refractivity contribution in [1.29, 1.82) is 0 Å². The highest BCUT2D eigenvalue weighted by molar-refractivity contribution is 14.0. The number of thiophene rings is 1. The molecule has 0 aromatic carbocycles. The van der Waals surface area contributed by atoms with Gasteiger partial charge in [-0.2, -0.15) is 0 Å². The Hall–Kier alpha value is -0.340. The third kappa shape index (κ3) is 5.75. The van der Waals surface area contributed by atoms with Crippen molar-refractivity contribution < 1.29 is 4.74 Å². The molecule has 4 nitrogen and oxygen atoms in total. The van der Waals surface area contributed by atoms with Gasteiger partial charge in [-0.15, -0.1) is 35.3 Å². The van der Waals surface area contributed by atoms with Gasteiger partial charge < -0.3 is 15.4 Å². The Morgan fingerprint density at radius 2 is 2.24 bits per heavy atom. The van der Waals surface area contributed by atoms with Crippen molar-refractivity contribution in [2.75, 3.05) is 32.8 Å². The van der Waals surface area contributed by atoms with Crippen LogP contribution in [0.2, 0.25) is 0 Å². The summed E-state index contributed by atoms with van der Waals surface area (Å²) in [6.07, 6.45) is 0. The van der Waals surface area contributed by atoms with Crippen molar-refractivity contribution in [2.24, 2.45) is 10.4 Å². The molecule has 120 valence electrons. The molecular weight excluding hydrogens is 397 g/mol. The smallest absolute Gasteiger partial charge is 0.191 e. The molecule has 0 radical (unpaired) electrons. The van der Waals surface area contributed by atoms with E-state index in [2.05, 4.69) is 53.9 Å². The van der Waals surface area contributed by atoms with E-state index in [4.69, 9.17) is 4.74 Å². The zero-order valence-corrected chi connectivity index (χ0v) is 16.2. The van der Waals surface area contributed by atoms with Crippen LogP contribution in [0.15, 0.2) is 22.5 Å². The summed E-state index contributed by atoms with van der Waals surface area (Å²) in [5, 5.41) is 8.87. The minimum absolute atomic E-state index is 0. The van der Waals surface area contributed by atoms with Crippen LogP contribution < -0.4 is 10.6 Å². The topological polar surface area (TPSA) is 45.7 Å². The van der Waals surface area contributed by atoms with Crippen molar-refractivity contribution >= 4 is 41.3 Å². The first-order valence-corrected chi connectivity index (χ1v) is 8.14. The predicted molar refractivity (Wildman–Crippen MR) is 101 cm³/mol. The van der Waals surface area contributed by atoms with Gasteiger partial charge in [-0.3, -0.25) is 4.99 Å². The van der Waals surface area contributed by atoms with E-state index in [0.29, 0.717) is 5.92 Å². The van der Waals surface area contributed by atoms with E-state index < -0.39 is 0 Å². The Morgan fingerprint density at radius 3 is 2.76 bits per heavy atom. The summed E-state index contributed by atoms with van der Waals surface area (Å²) < 4.78 is 5.27. The first-order chi connectivity index (χ1) is 9.63. The van der Waals surface area contributed by atoms with Crippen molar-refractivity contribution in [3.63, 3.8) is 0 Å². The standard InChI is InChI=1S/C15H25N3OS.HI/c1-4-16-14(18-9-15(3)10-19-11-15)17-8-12(2)13-6-5-7-20-13;/h5-7,12H,4,8-11H2,1-3H3,(H2,16,17,18);1H. The lowest BCUT2D eigenvalue weighted by Crippen LogP contribution is -2.44. The van der Waals surface area contributed by atoms with Gasteiger partial charge in [0.15, 0.2) is 5.96 Å². The number of nitrogens with zero attached hydrogens (tertiary/aromatic N) is 1. The lowest BCUT2D eigenvalue weighted by molar-refractivity contribution is -0.0945. The molecule has 0 amide bonds. The molecule has 0 saturated carbocycles. The zero-order chi connectivity index (χ0) is 14.4. The molecular formula is C15H26IN3OS. The quantitative estimate of drug-likeness (QED) is 0.420. The van der Waals surface area contributed by atoms with Crippen LogP contribution in [-0.4, -0.2) is 38.8 Å². The molecule has 6 heteroatoms. The summed E-state index contributed by atoms with van der Waals surface area (Å²) in [4.78, 5) is 6.09. The molecule has 2 rings (SSSR count). The average Bonchev–Trinajstić information content (AvgIpc) is 2.93. The fourth-order valence-corrected chi connectivity index (χ4v) is 2.86. The Balaban J connectivity index is 0.00000220. The largest absolute Gasteiger partial charge is 0.380 e. The number of ether oxygens (including phenoxy) is 1. The average molecular weight is 423 g/mol. The van der Waals surface area contributed by atoms with E-state index in [1.165, 1.54) is 4.88 Å². The Kier molecular flexibility index (Phi) is 7.97. The van der Waals surface area contributed by atoms with Crippen molar-refractivity contribution in [3.05, 3.63) is 22.4 Å². The van der Waals surface area contributed by atoms with E-state index in [1.54, 1.807) is 0 Å². The third-order valence-corrected chi connectivity index (χ3v) is 4.57. The summed E-state index contributed by atoms with van der Waals surface area (Å²) in [5.74, 6) is 1.41. The van der Waals surface area contributed by atoms with E-state index in [-0.39, 0.29) is 29.4 Å². The predicted octanol–water partition coefficient (Wildman–Crippen LogP) is 3.06. The highest BCUT2D eigenvalue weighted by atomic mass is 127. The Morgan fingerprint density at radius 1 is 1.48 bits per heavy atom. The van der Waals surface area contributed by atoms with Gasteiger partial charge in [-0.25, -0.2) is 0 Å². The molecule has 0 aliphatic carbocycles. The maximum absolute atomic E-state index is 5.27. The summed E-state index contributed by atoms with van der Waals surface area (Å²) >= 11 is 1.81. The molecule has 21 heavy (non-hydrogen) atoms. The van der Waals surface area contributed by atoms with Crippen LogP contribution in [-0.2, 0) is 4.74 Å². The highest BCUT2D eigenvalue weighted by Crippen LogP contribution is 2.26. The monoisotopic (exact) mass is 423 g/mol. The SMILES string of the molecule is CCNC(=NCC1(C)COC1)NCC(C)c1cccs1.I. The number of hydrogen-bond donors (Lipinski definition) is 2. The second-order valence-electron chi connectivity index (χ2n) is 5.80. The molecule has 1 fully saturated rings. The molecule has 1 atom stereocenters. The van der Waals surface area contributed by atoms with Gasteiger partial charge in [0, 0.05) is 29.3 Å².